The van der Waals surface area contributed by atoms with Crippen molar-refractivity contribution in [1.29, 1.82) is 0 Å². The maximum Gasteiger partial charge on any atom is 0.255 e. The summed E-state index contributed by atoms with van der Waals surface area (Å²) < 4.78 is 18.1. The number of carbonyl (C=O) groups excluding carboxylic acids is 1. The zero-order chi connectivity index (χ0) is 22.0. The summed E-state index contributed by atoms with van der Waals surface area (Å²) in [6, 6.07) is 12.3. The van der Waals surface area contributed by atoms with Crippen molar-refractivity contribution in [3.8, 4) is 17.2 Å². The Hall–Kier alpha value is -4.01. The number of allylic oxidation sites excluding steroid dienone is 1. The van der Waals surface area contributed by atoms with Gasteiger partial charge in [0.15, 0.2) is 11.5 Å². The third kappa shape index (κ3) is 3.65. The molecule has 9 heteroatoms. The molecule has 0 radical (unpaired) electrons. The van der Waals surface area contributed by atoms with Crippen LogP contribution in [0.25, 0.3) is 0 Å². The van der Waals surface area contributed by atoms with Crippen molar-refractivity contribution in [2.24, 2.45) is 0 Å². The minimum atomic E-state index is -0.559. The third-order valence-electron chi connectivity index (χ3n) is 5.07. The van der Waals surface area contributed by atoms with Gasteiger partial charge >= 0.3 is 0 Å². The fourth-order valence-electron chi connectivity index (χ4n) is 3.67. The van der Waals surface area contributed by atoms with Crippen LogP contribution in [-0.2, 0) is 4.79 Å². The van der Waals surface area contributed by atoms with Gasteiger partial charge in [0.25, 0.3) is 5.91 Å². The average Bonchev–Trinajstić information content (AvgIpc) is 3.25. The first kappa shape index (κ1) is 20.3. The lowest BCUT2D eigenvalue weighted by atomic mass is 9.94. The van der Waals surface area contributed by atoms with Gasteiger partial charge in [0, 0.05) is 11.4 Å². The highest BCUT2D eigenvalue weighted by Gasteiger charge is 2.34. The van der Waals surface area contributed by atoms with E-state index in [4.69, 9.17) is 14.2 Å². The summed E-state index contributed by atoms with van der Waals surface area (Å²) in [5, 5.41) is 10.5. The second kappa shape index (κ2) is 8.39. The molecule has 0 fully saturated rings. The number of carbonyl (C=O) groups is 1. The Labute approximate surface area is 179 Å². The van der Waals surface area contributed by atoms with E-state index in [-0.39, 0.29) is 5.91 Å². The van der Waals surface area contributed by atoms with Gasteiger partial charge in [-0.25, -0.2) is 4.68 Å². The average molecular weight is 421 g/mol. The third-order valence-corrected chi connectivity index (χ3v) is 5.07. The number of rotatable bonds is 6. The number of ether oxygens (including phenoxy) is 3. The van der Waals surface area contributed by atoms with E-state index in [9.17, 15) is 4.79 Å². The topological polar surface area (TPSA) is 99.5 Å². The fraction of sp³-hybridized carbons (Fsp3) is 0.227. The largest absolute Gasteiger partial charge is 0.493 e. The molecule has 1 aliphatic heterocycles. The molecule has 4 rings (SSSR count). The molecule has 0 saturated carbocycles. The normalized spacial score (nSPS) is 15.0. The summed E-state index contributed by atoms with van der Waals surface area (Å²) in [5.41, 5.74) is 2.60. The maximum atomic E-state index is 13.4. The van der Waals surface area contributed by atoms with Crippen molar-refractivity contribution in [2.75, 3.05) is 32.0 Å². The molecule has 0 bridgehead atoms. The van der Waals surface area contributed by atoms with E-state index >= 15 is 0 Å². The van der Waals surface area contributed by atoms with Crippen molar-refractivity contribution in [1.82, 2.24) is 14.8 Å². The van der Waals surface area contributed by atoms with Gasteiger partial charge in [-0.15, -0.1) is 0 Å². The molecule has 0 spiro atoms. The van der Waals surface area contributed by atoms with Gasteiger partial charge in [-0.3, -0.25) is 4.79 Å². The Bertz CT molecular complexity index is 1110. The highest BCUT2D eigenvalue weighted by Crippen LogP contribution is 2.43. The monoisotopic (exact) mass is 421 g/mol. The van der Waals surface area contributed by atoms with E-state index in [2.05, 4.69) is 20.7 Å². The summed E-state index contributed by atoms with van der Waals surface area (Å²) in [7, 11) is 4.64. The molecule has 3 aromatic rings. The Morgan fingerprint density at radius 3 is 2.35 bits per heavy atom. The molecule has 1 amide bonds. The van der Waals surface area contributed by atoms with E-state index in [0.717, 1.165) is 5.56 Å². The summed E-state index contributed by atoms with van der Waals surface area (Å²) in [5.74, 6) is 1.72. The highest BCUT2D eigenvalue weighted by atomic mass is 16.5. The molecule has 1 atom stereocenters. The molecule has 2 N–H and O–H groups in total. The van der Waals surface area contributed by atoms with E-state index < -0.39 is 6.04 Å². The quantitative estimate of drug-likeness (QED) is 0.630. The SMILES string of the molecule is COc1cc(C2C(C(=O)Nc3ccccc3)=C(C)Nc3ncnn32)cc(OC)c1OC. The number of nitrogens with zero attached hydrogens (tertiary/aromatic N) is 3. The van der Waals surface area contributed by atoms with Gasteiger partial charge in [0.1, 0.15) is 12.4 Å². The Balaban J connectivity index is 1.84. The number of aromatic nitrogens is 3. The van der Waals surface area contributed by atoms with Gasteiger partial charge in [-0.1, -0.05) is 18.2 Å². The first-order chi connectivity index (χ1) is 15.1. The van der Waals surface area contributed by atoms with Crippen molar-refractivity contribution < 1.29 is 19.0 Å². The van der Waals surface area contributed by atoms with Gasteiger partial charge in [0.05, 0.1) is 26.9 Å². The molecular formula is C22H23N5O4. The number of methoxy groups -OCH3 is 3. The predicted molar refractivity (Wildman–Crippen MR) is 116 cm³/mol. The lowest BCUT2D eigenvalue weighted by molar-refractivity contribution is -0.113. The highest BCUT2D eigenvalue weighted by molar-refractivity contribution is 6.06. The molecular weight excluding hydrogens is 398 g/mol. The minimum Gasteiger partial charge on any atom is -0.493 e. The van der Waals surface area contributed by atoms with E-state index in [1.165, 1.54) is 6.33 Å². The van der Waals surface area contributed by atoms with Crippen LogP contribution in [0, 0.1) is 0 Å². The van der Waals surface area contributed by atoms with Gasteiger partial charge in [-0.05, 0) is 36.8 Å². The number of hydrogen-bond donors (Lipinski definition) is 2. The van der Waals surface area contributed by atoms with Crippen molar-refractivity contribution in [3.63, 3.8) is 0 Å². The number of nitrogens with one attached hydrogen (secondary N) is 2. The van der Waals surface area contributed by atoms with Gasteiger partial charge < -0.3 is 24.8 Å². The molecule has 1 unspecified atom stereocenters. The molecule has 160 valence electrons. The summed E-state index contributed by atoms with van der Waals surface area (Å²) in [6.07, 6.45) is 1.44. The molecule has 0 saturated heterocycles. The number of fused-ring (bicyclic) bond motifs is 1. The number of anilines is 2. The van der Waals surface area contributed by atoms with Gasteiger partial charge in [0.2, 0.25) is 11.7 Å². The van der Waals surface area contributed by atoms with Gasteiger partial charge in [-0.2, -0.15) is 10.1 Å². The summed E-state index contributed by atoms with van der Waals surface area (Å²) >= 11 is 0. The fourth-order valence-corrected chi connectivity index (χ4v) is 3.67. The van der Waals surface area contributed by atoms with Crippen LogP contribution in [0.1, 0.15) is 18.5 Å². The number of para-hydroxylation sites is 1. The standard InChI is InChI=1S/C22H23N5O4/c1-13-18(21(28)26-15-8-6-5-7-9-15)19(27-22(25-13)23-12-24-27)14-10-16(29-2)20(31-4)17(11-14)30-3/h5-12,19H,1-4H3,(H,26,28)(H,23,24,25). The van der Waals surface area contributed by atoms with Crippen molar-refractivity contribution >= 4 is 17.5 Å². The summed E-state index contributed by atoms with van der Waals surface area (Å²) in [4.78, 5) is 17.6. The molecule has 0 aliphatic carbocycles. The van der Waals surface area contributed by atoms with Crippen LogP contribution >= 0.6 is 0 Å². The zero-order valence-corrected chi connectivity index (χ0v) is 17.7. The molecule has 2 aromatic carbocycles. The Morgan fingerprint density at radius 2 is 1.74 bits per heavy atom. The first-order valence-electron chi connectivity index (χ1n) is 9.61. The second-order valence-electron chi connectivity index (χ2n) is 6.87. The van der Waals surface area contributed by atoms with E-state index in [1.807, 2.05) is 49.4 Å². The second-order valence-corrected chi connectivity index (χ2v) is 6.87. The van der Waals surface area contributed by atoms with Crippen LogP contribution in [0.4, 0.5) is 11.6 Å². The first-order valence-corrected chi connectivity index (χ1v) is 9.61. The molecule has 31 heavy (non-hydrogen) atoms. The lowest BCUT2D eigenvalue weighted by Gasteiger charge is -2.29. The molecule has 1 aliphatic rings. The van der Waals surface area contributed by atoms with Crippen LogP contribution in [0.2, 0.25) is 0 Å². The van der Waals surface area contributed by atoms with Crippen LogP contribution in [0.15, 0.2) is 60.1 Å². The van der Waals surface area contributed by atoms with E-state index in [0.29, 0.717) is 40.2 Å². The van der Waals surface area contributed by atoms with Crippen LogP contribution in [0.5, 0.6) is 17.2 Å². The number of benzene rings is 2. The predicted octanol–water partition coefficient (Wildman–Crippen LogP) is 3.23. The number of hydrogen-bond acceptors (Lipinski definition) is 7. The van der Waals surface area contributed by atoms with Crippen LogP contribution in [-0.4, -0.2) is 42.0 Å². The molecule has 1 aromatic heterocycles. The minimum absolute atomic E-state index is 0.254. The van der Waals surface area contributed by atoms with Crippen LogP contribution < -0.4 is 24.8 Å². The maximum absolute atomic E-state index is 13.4. The Kier molecular flexibility index (Phi) is 5.48. The van der Waals surface area contributed by atoms with Crippen LogP contribution in [0.3, 0.4) is 0 Å². The summed E-state index contributed by atoms with van der Waals surface area (Å²) in [6.45, 7) is 1.84. The molecule has 2 heterocycles. The van der Waals surface area contributed by atoms with E-state index in [1.54, 1.807) is 26.0 Å². The molecule has 9 nitrogen and oxygen atoms in total. The van der Waals surface area contributed by atoms with Crippen molar-refractivity contribution in [2.45, 2.75) is 13.0 Å². The zero-order valence-electron chi connectivity index (χ0n) is 17.7. The Morgan fingerprint density at radius 1 is 1.06 bits per heavy atom. The smallest absolute Gasteiger partial charge is 0.255 e. The number of amides is 1. The van der Waals surface area contributed by atoms with Crippen molar-refractivity contribution in [3.05, 3.63) is 65.6 Å². The lowest BCUT2D eigenvalue weighted by Crippen LogP contribution is -2.31.